The lowest BCUT2D eigenvalue weighted by Gasteiger charge is -2.29. The van der Waals surface area contributed by atoms with E-state index in [1.807, 2.05) is 13.0 Å². The molecule has 1 saturated carbocycles. The minimum absolute atomic E-state index is 0.0480. The number of amides is 2. The van der Waals surface area contributed by atoms with Gasteiger partial charge in [-0.2, -0.15) is 0 Å². The zero-order valence-electron chi connectivity index (χ0n) is 12.0. The third-order valence-corrected chi connectivity index (χ3v) is 4.32. The molecule has 1 aliphatic carbocycles. The van der Waals surface area contributed by atoms with Gasteiger partial charge in [0.1, 0.15) is 0 Å². The Hall–Kier alpha value is -1.40. The van der Waals surface area contributed by atoms with Gasteiger partial charge < -0.3 is 16.4 Å². The summed E-state index contributed by atoms with van der Waals surface area (Å²) in [6.45, 7) is 2.31. The number of rotatable bonds is 6. The van der Waals surface area contributed by atoms with Crippen molar-refractivity contribution < 1.29 is 9.59 Å². The zero-order chi connectivity index (χ0) is 15.5. The van der Waals surface area contributed by atoms with Crippen LogP contribution in [0.4, 0.5) is 0 Å². The fourth-order valence-electron chi connectivity index (χ4n) is 2.30. The number of hydrogen-bond acceptors (Lipinski definition) is 3. The summed E-state index contributed by atoms with van der Waals surface area (Å²) < 4.78 is 0.823. The lowest BCUT2D eigenvalue weighted by molar-refractivity contribution is -0.122. The molecule has 1 aromatic rings. The number of nitrogens with two attached hydrogens (primary N) is 1. The average molecular weight is 354 g/mol. The number of carbonyl (C=O) groups is 2. The van der Waals surface area contributed by atoms with Gasteiger partial charge in [0.2, 0.25) is 5.91 Å². The molecule has 6 heteroatoms. The molecule has 1 aromatic carbocycles. The van der Waals surface area contributed by atoms with E-state index in [2.05, 4.69) is 26.6 Å². The van der Waals surface area contributed by atoms with Crippen LogP contribution in [0, 0.1) is 5.92 Å². The molecule has 0 aromatic heterocycles. The molecule has 4 N–H and O–H groups in total. The summed E-state index contributed by atoms with van der Waals surface area (Å²) in [5.74, 6) is -0.0299. The Morgan fingerprint density at radius 2 is 2.14 bits per heavy atom. The summed E-state index contributed by atoms with van der Waals surface area (Å²) in [6.07, 6.45) is 2.19. The maximum atomic E-state index is 12.0. The van der Waals surface area contributed by atoms with E-state index < -0.39 is 0 Å². The topological polar surface area (TPSA) is 84.2 Å². The van der Waals surface area contributed by atoms with E-state index >= 15 is 0 Å². The highest BCUT2D eigenvalue weighted by Gasteiger charge is 2.41. The molecule has 0 spiro atoms. The fourth-order valence-corrected chi connectivity index (χ4v) is 2.69. The first-order valence-electron chi connectivity index (χ1n) is 6.99. The Labute approximate surface area is 132 Å². The maximum Gasteiger partial charge on any atom is 0.251 e. The van der Waals surface area contributed by atoms with Crippen molar-refractivity contribution in [3.05, 3.63) is 34.3 Å². The van der Waals surface area contributed by atoms with Crippen LogP contribution in [0.1, 0.15) is 30.1 Å². The lowest BCUT2D eigenvalue weighted by Crippen LogP contribution is -2.55. The first kappa shape index (κ1) is 16.0. The van der Waals surface area contributed by atoms with Gasteiger partial charge in [0, 0.05) is 16.6 Å². The predicted octanol–water partition coefficient (Wildman–Crippen LogP) is 1.42. The normalized spacial score (nSPS) is 16.9. The molecule has 1 unspecified atom stereocenters. The van der Waals surface area contributed by atoms with E-state index in [0.717, 1.165) is 17.3 Å². The van der Waals surface area contributed by atoms with Gasteiger partial charge in [-0.1, -0.05) is 22.0 Å². The highest BCUT2D eigenvalue weighted by atomic mass is 79.9. The van der Waals surface area contributed by atoms with Gasteiger partial charge in [-0.15, -0.1) is 0 Å². The van der Waals surface area contributed by atoms with Crippen molar-refractivity contribution in [1.29, 1.82) is 0 Å². The average Bonchev–Trinajstić information content (AvgIpc) is 3.29. The zero-order valence-corrected chi connectivity index (χ0v) is 13.6. The minimum Gasteiger partial charge on any atom is -0.348 e. The molecule has 0 radical (unpaired) electrons. The summed E-state index contributed by atoms with van der Waals surface area (Å²) in [5.41, 5.74) is 5.90. The van der Waals surface area contributed by atoms with Gasteiger partial charge in [-0.25, -0.2) is 0 Å². The van der Waals surface area contributed by atoms with E-state index in [4.69, 9.17) is 5.73 Å². The molecule has 2 rings (SSSR count). The molecular formula is C15H20BrN3O2. The van der Waals surface area contributed by atoms with Gasteiger partial charge in [0.25, 0.3) is 5.91 Å². The first-order valence-corrected chi connectivity index (χ1v) is 7.79. The van der Waals surface area contributed by atoms with Crippen LogP contribution in [0.15, 0.2) is 28.7 Å². The van der Waals surface area contributed by atoms with Crippen LogP contribution in [0.5, 0.6) is 0 Å². The number of halogens is 1. The summed E-state index contributed by atoms with van der Waals surface area (Å²) in [5, 5.41) is 5.55. The largest absolute Gasteiger partial charge is 0.348 e. The SMILES string of the molecule is CC(CN)(NC(=O)CNC(=O)c1cccc(Br)c1)C1CC1. The van der Waals surface area contributed by atoms with E-state index in [1.165, 1.54) is 0 Å². The monoisotopic (exact) mass is 353 g/mol. The Morgan fingerprint density at radius 3 is 2.71 bits per heavy atom. The van der Waals surface area contributed by atoms with Crippen LogP contribution in [0.25, 0.3) is 0 Å². The van der Waals surface area contributed by atoms with Gasteiger partial charge in [0.15, 0.2) is 0 Å². The van der Waals surface area contributed by atoms with Crippen LogP contribution in [0.2, 0.25) is 0 Å². The predicted molar refractivity (Wildman–Crippen MR) is 84.8 cm³/mol. The standard InChI is InChI=1S/C15H20BrN3O2/c1-15(9-17,11-5-6-11)19-13(20)8-18-14(21)10-3-2-4-12(16)7-10/h2-4,7,11H,5-6,8-9,17H2,1H3,(H,18,21)(H,19,20). The Bertz CT molecular complexity index is 545. The molecule has 21 heavy (non-hydrogen) atoms. The molecule has 0 aliphatic heterocycles. The van der Waals surface area contributed by atoms with E-state index in [-0.39, 0.29) is 23.9 Å². The second-order valence-corrected chi connectivity index (χ2v) is 6.55. The number of carbonyl (C=O) groups excluding carboxylic acids is 2. The second kappa shape index (κ2) is 6.58. The van der Waals surface area contributed by atoms with Gasteiger partial charge in [-0.3, -0.25) is 9.59 Å². The van der Waals surface area contributed by atoms with Crippen molar-refractivity contribution in [2.75, 3.05) is 13.1 Å². The van der Waals surface area contributed by atoms with Crippen LogP contribution >= 0.6 is 15.9 Å². The molecule has 2 amide bonds. The highest BCUT2D eigenvalue weighted by Crippen LogP contribution is 2.38. The molecule has 1 fully saturated rings. The number of hydrogen-bond donors (Lipinski definition) is 3. The summed E-state index contributed by atoms with van der Waals surface area (Å²) in [6, 6.07) is 7.02. The van der Waals surface area contributed by atoms with Crippen molar-refractivity contribution in [3.8, 4) is 0 Å². The van der Waals surface area contributed by atoms with Crippen LogP contribution < -0.4 is 16.4 Å². The molecule has 1 aliphatic rings. The molecule has 0 heterocycles. The van der Waals surface area contributed by atoms with Gasteiger partial charge in [-0.05, 0) is 43.9 Å². The Kier molecular flexibility index (Phi) is 5.00. The summed E-state index contributed by atoms with van der Waals surface area (Å²) >= 11 is 3.31. The first-order chi connectivity index (χ1) is 9.94. The van der Waals surface area contributed by atoms with Gasteiger partial charge in [0.05, 0.1) is 12.1 Å². The smallest absolute Gasteiger partial charge is 0.251 e. The van der Waals surface area contributed by atoms with Crippen molar-refractivity contribution in [2.24, 2.45) is 11.7 Å². The van der Waals surface area contributed by atoms with Gasteiger partial charge >= 0.3 is 0 Å². The Balaban J connectivity index is 1.85. The van der Waals surface area contributed by atoms with Crippen molar-refractivity contribution in [1.82, 2.24) is 10.6 Å². The van der Waals surface area contributed by atoms with E-state index in [0.29, 0.717) is 18.0 Å². The van der Waals surface area contributed by atoms with Crippen molar-refractivity contribution in [3.63, 3.8) is 0 Å². The molecule has 0 bridgehead atoms. The quantitative estimate of drug-likeness (QED) is 0.723. The molecular weight excluding hydrogens is 334 g/mol. The van der Waals surface area contributed by atoms with Crippen molar-refractivity contribution in [2.45, 2.75) is 25.3 Å². The molecule has 1 atom stereocenters. The van der Waals surface area contributed by atoms with E-state index in [9.17, 15) is 9.59 Å². The van der Waals surface area contributed by atoms with Crippen LogP contribution in [-0.2, 0) is 4.79 Å². The number of nitrogens with one attached hydrogen (secondary N) is 2. The summed E-state index contributed by atoms with van der Waals surface area (Å²) in [4.78, 5) is 23.9. The highest BCUT2D eigenvalue weighted by molar-refractivity contribution is 9.10. The second-order valence-electron chi connectivity index (χ2n) is 5.64. The number of benzene rings is 1. The third kappa shape index (κ3) is 4.28. The summed E-state index contributed by atoms with van der Waals surface area (Å²) in [7, 11) is 0. The minimum atomic E-state index is -0.364. The van der Waals surface area contributed by atoms with Crippen LogP contribution in [-0.4, -0.2) is 30.4 Å². The molecule has 114 valence electrons. The molecule has 5 nitrogen and oxygen atoms in total. The molecule has 0 saturated heterocycles. The fraction of sp³-hybridized carbons (Fsp3) is 0.467. The van der Waals surface area contributed by atoms with Crippen LogP contribution in [0.3, 0.4) is 0 Å². The van der Waals surface area contributed by atoms with E-state index in [1.54, 1.807) is 18.2 Å². The maximum absolute atomic E-state index is 12.0. The lowest BCUT2D eigenvalue weighted by atomic mass is 9.96. The van der Waals surface area contributed by atoms with Crippen molar-refractivity contribution >= 4 is 27.7 Å². The third-order valence-electron chi connectivity index (χ3n) is 3.82. The Morgan fingerprint density at radius 1 is 1.43 bits per heavy atom.